The molecule has 0 aromatic heterocycles. The monoisotopic (exact) mass is 292 g/mol. The molecule has 3 heteroatoms. The summed E-state index contributed by atoms with van der Waals surface area (Å²) < 4.78 is 14.1. The Morgan fingerprint density at radius 1 is 1.33 bits per heavy atom. The summed E-state index contributed by atoms with van der Waals surface area (Å²) in [4.78, 5) is 2.42. The van der Waals surface area contributed by atoms with Gasteiger partial charge in [-0.25, -0.2) is 4.39 Å². The Hall–Kier alpha value is -0.930. The van der Waals surface area contributed by atoms with Crippen molar-refractivity contribution in [2.24, 2.45) is 5.92 Å². The van der Waals surface area contributed by atoms with E-state index in [1.165, 1.54) is 18.4 Å². The highest BCUT2D eigenvalue weighted by molar-refractivity contribution is 5.25. The van der Waals surface area contributed by atoms with Gasteiger partial charge in [-0.2, -0.15) is 0 Å². The van der Waals surface area contributed by atoms with Gasteiger partial charge in [-0.3, -0.25) is 4.90 Å². The van der Waals surface area contributed by atoms with Crippen LogP contribution in [0.5, 0.6) is 0 Å². The van der Waals surface area contributed by atoms with E-state index in [4.69, 9.17) is 0 Å². The van der Waals surface area contributed by atoms with Crippen LogP contribution in [0.1, 0.15) is 51.2 Å². The highest BCUT2D eigenvalue weighted by atomic mass is 19.1. The lowest BCUT2D eigenvalue weighted by atomic mass is 9.93. The Kier molecular flexibility index (Phi) is 6.19. The first kappa shape index (κ1) is 16.4. The van der Waals surface area contributed by atoms with Crippen molar-refractivity contribution in [1.29, 1.82) is 0 Å². The molecule has 118 valence electrons. The molecule has 1 aromatic carbocycles. The molecular weight excluding hydrogens is 263 g/mol. The number of piperidine rings is 1. The Morgan fingerprint density at radius 3 is 2.86 bits per heavy atom. The van der Waals surface area contributed by atoms with Crippen molar-refractivity contribution in [3.8, 4) is 0 Å². The second-order valence-corrected chi connectivity index (χ2v) is 6.55. The van der Waals surface area contributed by atoms with Gasteiger partial charge in [0.1, 0.15) is 5.82 Å². The average Bonchev–Trinajstić information content (AvgIpc) is 2.45. The molecule has 2 rings (SSSR count). The minimum atomic E-state index is -0.0694. The molecule has 0 radical (unpaired) electrons. The summed E-state index contributed by atoms with van der Waals surface area (Å²) in [6.45, 7) is 10.4. The Bertz CT molecular complexity index is 447. The molecule has 1 fully saturated rings. The predicted octanol–water partition coefficient (Wildman–Crippen LogP) is 3.95. The first-order chi connectivity index (χ1) is 10.1. The summed E-state index contributed by atoms with van der Waals surface area (Å²) in [5, 5.41) is 3.38. The first-order valence-electron chi connectivity index (χ1n) is 8.32. The lowest BCUT2D eigenvalue weighted by Gasteiger charge is -2.36. The number of likely N-dealkylation sites (tertiary alicyclic amines) is 1. The van der Waals surface area contributed by atoms with E-state index in [0.717, 1.165) is 44.1 Å². The number of nitrogens with zero attached hydrogens (tertiary/aromatic N) is 1. The van der Waals surface area contributed by atoms with Crippen LogP contribution >= 0.6 is 0 Å². The molecule has 1 heterocycles. The molecule has 1 aromatic rings. The minimum Gasteiger partial charge on any atom is -0.313 e. The minimum absolute atomic E-state index is 0.0694. The third kappa shape index (κ3) is 4.79. The van der Waals surface area contributed by atoms with Gasteiger partial charge in [-0.15, -0.1) is 0 Å². The summed E-state index contributed by atoms with van der Waals surface area (Å²) in [7, 11) is 0. The van der Waals surface area contributed by atoms with E-state index in [-0.39, 0.29) is 5.82 Å². The van der Waals surface area contributed by atoms with Crippen LogP contribution in [0, 0.1) is 11.7 Å². The fourth-order valence-corrected chi connectivity index (χ4v) is 3.18. The molecule has 1 N–H and O–H groups in total. The SMILES string of the molecule is CCCNCc1ccc(F)c(CN2CCC(C)CC2C)c1. The standard InChI is InChI=1S/C18H29FN2/c1-4-8-20-12-16-5-6-18(19)17(11-16)13-21-9-7-14(2)10-15(21)3/h5-6,11,14-15,20H,4,7-10,12-13H2,1-3H3. The van der Waals surface area contributed by atoms with Gasteiger partial charge in [0.25, 0.3) is 0 Å². The van der Waals surface area contributed by atoms with Crippen molar-refractivity contribution in [2.45, 2.75) is 59.2 Å². The van der Waals surface area contributed by atoms with Gasteiger partial charge < -0.3 is 5.32 Å². The maximum absolute atomic E-state index is 14.1. The summed E-state index contributed by atoms with van der Waals surface area (Å²) in [5.74, 6) is 0.728. The fraction of sp³-hybridized carbons (Fsp3) is 0.667. The number of hydrogen-bond acceptors (Lipinski definition) is 2. The van der Waals surface area contributed by atoms with Crippen LogP contribution in [0.25, 0.3) is 0 Å². The van der Waals surface area contributed by atoms with Crippen LogP contribution in [0.4, 0.5) is 4.39 Å². The van der Waals surface area contributed by atoms with Gasteiger partial charge in [0.2, 0.25) is 0 Å². The van der Waals surface area contributed by atoms with Crippen LogP contribution in [0.2, 0.25) is 0 Å². The number of benzene rings is 1. The zero-order valence-electron chi connectivity index (χ0n) is 13.7. The van der Waals surface area contributed by atoms with Crippen LogP contribution in [-0.4, -0.2) is 24.0 Å². The molecule has 1 aliphatic heterocycles. The van der Waals surface area contributed by atoms with E-state index in [1.807, 2.05) is 12.1 Å². The lowest BCUT2D eigenvalue weighted by molar-refractivity contribution is 0.121. The van der Waals surface area contributed by atoms with Crippen molar-refractivity contribution in [2.75, 3.05) is 13.1 Å². The quantitative estimate of drug-likeness (QED) is 0.799. The van der Waals surface area contributed by atoms with Crippen molar-refractivity contribution in [3.63, 3.8) is 0 Å². The second-order valence-electron chi connectivity index (χ2n) is 6.55. The smallest absolute Gasteiger partial charge is 0.127 e. The molecule has 0 bridgehead atoms. The first-order valence-corrected chi connectivity index (χ1v) is 8.32. The van der Waals surface area contributed by atoms with Crippen molar-refractivity contribution < 1.29 is 4.39 Å². The van der Waals surface area contributed by atoms with Crippen LogP contribution in [0.3, 0.4) is 0 Å². The Balaban J connectivity index is 1.99. The second kappa shape index (κ2) is 7.90. The number of nitrogens with one attached hydrogen (secondary N) is 1. The van der Waals surface area contributed by atoms with Crippen molar-refractivity contribution in [3.05, 3.63) is 35.1 Å². The summed E-state index contributed by atoms with van der Waals surface area (Å²) in [6.07, 6.45) is 3.57. The molecule has 1 aliphatic rings. The van der Waals surface area contributed by atoms with E-state index in [9.17, 15) is 4.39 Å². The van der Waals surface area contributed by atoms with E-state index in [1.54, 1.807) is 6.07 Å². The molecule has 0 spiro atoms. The zero-order chi connectivity index (χ0) is 15.2. The molecule has 0 amide bonds. The molecule has 0 saturated carbocycles. The Morgan fingerprint density at radius 2 is 2.14 bits per heavy atom. The van der Waals surface area contributed by atoms with Crippen LogP contribution in [0.15, 0.2) is 18.2 Å². The third-order valence-electron chi connectivity index (χ3n) is 4.52. The van der Waals surface area contributed by atoms with Gasteiger partial charge >= 0.3 is 0 Å². The zero-order valence-corrected chi connectivity index (χ0v) is 13.7. The molecule has 2 atom stereocenters. The molecule has 2 nitrogen and oxygen atoms in total. The highest BCUT2D eigenvalue weighted by Crippen LogP contribution is 2.24. The molecule has 2 unspecified atom stereocenters. The number of hydrogen-bond donors (Lipinski definition) is 1. The van der Waals surface area contributed by atoms with Crippen LogP contribution in [-0.2, 0) is 13.1 Å². The summed E-state index contributed by atoms with van der Waals surface area (Å²) in [6, 6.07) is 6.09. The molecular formula is C18H29FN2. The van der Waals surface area contributed by atoms with Gasteiger partial charge in [-0.1, -0.05) is 26.0 Å². The van der Waals surface area contributed by atoms with Crippen LogP contribution < -0.4 is 5.32 Å². The fourth-order valence-electron chi connectivity index (χ4n) is 3.18. The van der Waals surface area contributed by atoms with E-state index in [2.05, 4.69) is 31.0 Å². The van der Waals surface area contributed by atoms with E-state index in [0.29, 0.717) is 6.04 Å². The number of rotatable bonds is 6. The lowest BCUT2D eigenvalue weighted by Crippen LogP contribution is -2.39. The number of halogens is 1. The third-order valence-corrected chi connectivity index (χ3v) is 4.52. The van der Waals surface area contributed by atoms with Gasteiger partial charge in [0.05, 0.1) is 0 Å². The largest absolute Gasteiger partial charge is 0.313 e. The average molecular weight is 292 g/mol. The van der Waals surface area contributed by atoms with Gasteiger partial charge in [0.15, 0.2) is 0 Å². The normalized spacial score (nSPS) is 23.4. The maximum atomic E-state index is 14.1. The molecule has 0 aliphatic carbocycles. The van der Waals surface area contributed by atoms with Gasteiger partial charge in [-0.05, 0) is 56.8 Å². The van der Waals surface area contributed by atoms with Crippen molar-refractivity contribution in [1.82, 2.24) is 10.2 Å². The summed E-state index contributed by atoms with van der Waals surface area (Å²) >= 11 is 0. The Labute approximate surface area is 128 Å². The molecule has 1 saturated heterocycles. The van der Waals surface area contributed by atoms with E-state index >= 15 is 0 Å². The van der Waals surface area contributed by atoms with Crippen molar-refractivity contribution >= 4 is 0 Å². The predicted molar refractivity (Wildman–Crippen MR) is 86.7 cm³/mol. The van der Waals surface area contributed by atoms with Gasteiger partial charge in [0, 0.05) is 24.7 Å². The maximum Gasteiger partial charge on any atom is 0.127 e. The summed E-state index contributed by atoms with van der Waals surface area (Å²) in [5.41, 5.74) is 2.02. The van der Waals surface area contributed by atoms with E-state index < -0.39 is 0 Å². The molecule has 21 heavy (non-hydrogen) atoms. The highest BCUT2D eigenvalue weighted by Gasteiger charge is 2.23. The topological polar surface area (TPSA) is 15.3 Å².